The molecule has 0 bridgehead atoms. The van der Waals surface area contributed by atoms with Crippen LogP contribution in [0.15, 0.2) is 12.1 Å². The van der Waals surface area contributed by atoms with E-state index in [1.165, 1.54) is 0 Å². The molecule has 2 aromatic rings. The topological polar surface area (TPSA) is 44.1 Å². The van der Waals surface area contributed by atoms with Crippen LogP contribution in [-0.2, 0) is 7.05 Å². The molecule has 2 rings (SSSR count). The normalized spacial score (nSPS) is 10.6. The van der Waals surface area contributed by atoms with E-state index in [9.17, 15) is 4.79 Å². The fraction of sp³-hybridized carbons (Fsp3) is 0.273. The summed E-state index contributed by atoms with van der Waals surface area (Å²) in [6, 6.07) is 3.64. The van der Waals surface area contributed by atoms with Gasteiger partial charge in [-0.2, -0.15) is 5.10 Å². The molecule has 0 N–H and O–H groups in total. The van der Waals surface area contributed by atoms with Gasteiger partial charge in [0, 0.05) is 12.4 Å². The zero-order chi connectivity index (χ0) is 11.0. The molecule has 0 amide bonds. The van der Waals surface area contributed by atoms with Crippen molar-refractivity contribution in [3.8, 4) is 5.75 Å². The molecule has 0 spiro atoms. The molecule has 0 radical (unpaired) electrons. The van der Waals surface area contributed by atoms with Crippen LogP contribution >= 0.6 is 0 Å². The molecule has 1 heterocycles. The smallest absolute Gasteiger partial charge is 0.153 e. The van der Waals surface area contributed by atoms with Crippen LogP contribution in [0.1, 0.15) is 16.1 Å². The fourth-order valence-electron chi connectivity index (χ4n) is 1.74. The summed E-state index contributed by atoms with van der Waals surface area (Å²) in [4.78, 5) is 10.8. The molecule has 0 unspecified atom stereocenters. The summed E-state index contributed by atoms with van der Waals surface area (Å²) in [5.74, 6) is 0.591. The largest absolute Gasteiger partial charge is 0.496 e. The first-order valence-electron chi connectivity index (χ1n) is 4.64. The van der Waals surface area contributed by atoms with Crippen molar-refractivity contribution in [1.82, 2.24) is 9.78 Å². The second-order valence-corrected chi connectivity index (χ2v) is 3.44. The summed E-state index contributed by atoms with van der Waals surface area (Å²) in [6.07, 6.45) is 0.792. The van der Waals surface area contributed by atoms with E-state index in [0.29, 0.717) is 11.3 Å². The number of carbonyl (C=O) groups excluding carboxylic acids is 1. The van der Waals surface area contributed by atoms with Crippen molar-refractivity contribution in [2.75, 3.05) is 7.11 Å². The zero-order valence-electron chi connectivity index (χ0n) is 8.94. The lowest BCUT2D eigenvalue weighted by molar-refractivity contribution is 0.112. The van der Waals surface area contributed by atoms with E-state index in [4.69, 9.17) is 4.74 Å². The quantitative estimate of drug-likeness (QED) is 0.699. The Bertz CT molecular complexity index is 529. The lowest BCUT2D eigenvalue weighted by Crippen LogP contribution is -1.93. The van der Waals surface area contributed by atoms with Crippen molar-refractivity contribution in [3.63, 3.8) is 0 Å². The minimum atomic E-state index is 0.549. The van der Waals surface area contributed by atoms with Gasteiger partial charge in [-0.15, -0.1) is 0 Å². The van der Waals surface area contributed by atoms with Crippen LogP contribution in [-0.4, -0.2) is 23.2 Å². The summed E-state index contributed by atoms with van der Waals surface area (Å²) >= 11 is 0. The molecule has 15 heavy (non-hydrogen) atoms. The number of aromatic nitrogens is 2. The molecule has 0 aliphatic heterocycles. The van der Waals surface area contributed by atoms with Crippen LogP contribution in [0.3, 0.4) is 0 Å². The average molecular weight is 204 g/mol. The van der Waals surface area contributed by atoms with Gasteiger partial charge in [0.1, 0.15) is 5.75 Å². The van der Waals surface area contributed by atoms with E-state index >= 15 is 0 Å². The maximum Gasteiger partial charge on any atom is 0.153 e. The first-order chi connectivity index (χ1) is 7.17. The molecule has 0 fully saturated rings. The second-order valence-electron chi connectivity index (χ2n) is 3.44. The van der Waals surface area contributed by atoms with Gasteiger partial charge in [0.15, 0.2) is 6.29 Å². The molecular formula is C11H12N2O2. The summed E-state index contributed by atoms with van der Waals surface area (Å²) in [7, 11) is 3.41. The Balaban J connectivity index is 2.83. The van der Waals surface area contributed by atoms with Crippen LogP contribution in [0.4, 0.5) is 0 Å². The third-order valence-electron chi connectivity index (χ3n) is 2.51. The average Bonchev–Trinajstić information content (AvgIpc) is 2.52. The van der Waals surface area contributed by atoms with Crippen LogP contribution < -0.4 is 4.74 Å². The lowest BCUT2D eigenvalue weighted by atomic mass is 10.1. The number of ether oxygens (including phenoxy) is 1. The Morgan fingerprint density at radius 2 is 2.20 bits per heavy atom. The minimum absolute atomic E-state index is 0.549. The summed E-state index contributed by atoms with van der Waals surface area (Å²) in [6.45, 7) is 1.93. The van der Waals surface area contributed by atoms with Gasteiger partial charge >= 0.3 is 0 Å². The summed E-state index contributed by atoms with van der Waals surface area (Å²) in [5.41, 5.74) is 2.42. The first-order valence-corrected chi connectivity index (χ1v) is 4.64. The molecule has 78 valence electrons. The van der Waals surface area contributed by atoms with Crippen molar-refractivity contribution < 1.29 is 9.53 Å². The highest BCUT2D eigenvalue weighted by molar-refractivity contribution is 5.91. The number of hydrogen-bond donors (Lipinski definition) is 0. The summed E-state index contributed by atoms with van der Waals surface area (Å²) in [5, 5.41) is 5.30. The minimum Gasteiger partial charge on any atom is -0.496 e. The van der Waals surface area contributed by atoms with E-state index in [1.807, 2.05) is 20.0 Å². The van der Waals surface area contributed by atoms with Crippen molar-refractivity contribution in [1.29, 1.82) is 0 Å². The predicted octanol–water partition coefficient (Wildman–Crippen LogP) is 1.70. The lowest BCUT2D eigenvalue weighted by Gasteiger charge is -2.03. The molecular weight excluding hydrogens is 192 g/mol. The van der Waals surface area contributed by atoms with Crippen LogP contribution in [0.2, 0.25) is 0 Å². The fourth-order valence-corrected chi connectivity index (χ4v) is 1.74. The Morgan fingerprint density at radius 1 is 1.47 bits per heavy atom. The molecule has 0 aliphatic carbocycles. The molecule has 0 aliphatic rings. The van der Waals surface area contributed by atoms with Gasteiger partial charge in [-0.05, 0) is 19.1 Å². The van der Waals surface area contributed by atoms with Gasteiger partial charge in [0.05, 0.1) is 23.9 Å². The Morgan fingerprint density at radius 3 is 2.80 bits per heavy atom. The number of rotatable bonds is 2. The van der Waals surface area contributed by atoms with Crippen LogP contribution in [0.5, 0.6) is 5.75 Å². The Kier molecular flexibility index (Phi) is 2.19. The number of carbonyl (C=O) groups is 1. The number of aldehydes is 1. The number of aryl methyl sites for hydroxylation is 2. The van der Waals surface area contributed by atoms with Gasteiger partial charge in [0.2, 0.25) is 0 Å². The van der Waals surface area contributed by atoms with Gasteiger partial charge < -0.3 is 4.74 Å². The van der Waals surface area contributed by atoms with E-state index in [1.54, 1.807) is 17.9 Å². The van der Waals surface area contributed by atoms with Crippen molar-refractivity contribution in [2.24, 2.45) is 7.05 Å². The first kappa shape index (κ1) is 9.71. The van der Waals surface area contributed by atoms with Gasteiger partial charge in [-0.1, -0.05) is 0 Å². The summed E-state index contributed by atoms with van der Waals surface area (Å²) < 4.78 is 6.90. The highest BCUT2D eigenvalue weighted by Gasteiger charge is 2.10. The standard InChI is InChI=1S/C11H12N2O2/c1-7-9-5-11(15-3)8(6-14)4-10(9)13(2)12-7/h4-6H,1-3H3. The van der Waals surface area contributed by atoms with Crippen LogP contribution in [0.25, 0.3) is 10.9 Å². The number of nitrogens with zero attached hydrogens (tertiary/aromatic N) is 2. The van der Waals surface area contributed by atoms with E-state index in [2.05, 4.69) is 5.10 Å². The third-order valence-corrected chi connectivity index (χ3v) is 2.51. The molecule has 4 nitrogen and oxygen atoms in total. The van der Waals surface area contributed by atoms with E-state index < -0.39 is 0 Å². The predicted molar refractivity (Wildman–Crippen MR) is 57.4 cm³/mol. The van der Waals surface area contributed by atoms with Crippen molar-refractivity contribution in [3.05, 3.63) is 23.4 Å². The molecule has 1 aromatic heterocycles. The van der Waals surface area contributed by atoms with Gasteiger partial charge in [0.25, 0.3) is 0 Å². The third kappa shape index (κ3) is 1.38. The van der Waals surface area contributed by atoms with E-state index in [0.717, 1.165) is 22.9 Å². The monoisotopic (exact) mass is 204 g/mol. The number of methoxy groups -OCH3 is 1. The number of fused-ring (bicyclic) bond motifs is 1. The highest BCUT2D eigenvalue weighted by Crippen LogP contribution is 2.26. The SMILES string of the molecule is COc1cc2c(C)nn(C)c2cc1C=O. The van der Waals surface area contributed by atoms with Crippen molar-refractivity contribution >= 4 is 17.2 Å². The molecule has 0 atom stereocenters. The van der Waals surface area contributed by atoms with Gasteiger partial charge in [-0.3, -0.25) is 9.48 Å². The van der Waals surface area contributed by atoms with E-state index in [-0.39, 0.29) is 0 Å². The maximum absolute atomic E-state index is 10.8. The number of benzene rings is 1. The van der Waals surface area contributed by atoms with Crippen molar-refractivity contribution in [2.45, 2.75) is 6.92 Å². The van der Waals surface area contributed by atoms with Crippen LogP contribution in [0, 0.1) is 6.92 Å². The second kappa shape index (κ2) is 3.38. The maximum atomic E-state index is 10.8. The Labute approximate surface area is 87.5 Å². The van der Waals surface area contributed by atoms with Gasteiger partial charge in [-0.25, -0.2) is 0 Å². The number of hydrogen-bond acceptors (Lipinski definition) is 3. The molecule has 0 saturated carbocycles. The molecule has 1 aromatic carbocycles. The molecule has 4 heteroatoms. The highest BCUT2D eigenvalue weighted by atomic mass is 16.5. The Hall–Kier alpha value is -1.84. The zero-order valence-corrected chi connectivity index (χ0v) is 8.94. The molecule has 0 saturated heterocycles.